The molecule has 0 aromatic rings. The van der Waals surface area contributed by atoms with E-state index in [9.17, 15) is 14.7 Å². The van der Waals surface area contributed by atoms with E-state index < -0.39 is 11.5 Å². The van der Waals surface area contributed by atoms with Crippen LogP contribution in [0.2, 0.25) is 0 Å². The number of hydrogen-bond acceptors (Lipinski definition) is 3. The van der Waals surface area contributed by atoms with Crippen molar-refractivity contribution in [3.8, 4) is 0 Å². The third kappa shape index (κ3) is 4.09. The highest BCUT2D eigenvalue weighted by Crippen LogP contribution is 2.34. The van der Waals surface area contributed by atoms with Gasteiger partial charge in [-0.05, 0) is 44.4 Å². The molecule has 2 aliphatic rings. The molecular weight excluding hydrogens is 270 g/mol. The summed E-state index contributed by atoms with van der Waals surface area (Å²) >= 11 is 0. The van der Waals surface area contributed by atoms with Crippen molar-refractivity contribution in [3.63, 3.8) is 0 Å². The minimum atomic E-state index is -1.09. The fourth-order valence-electron chi connectivity index (χ4n) is 3.37. The Labute approximate surface area is 126 Å². The number of hydrogen-bond donors (Lipinski definition) is 3. The van der Waals surface area contributed by atoms with Gasteiger partial charge in [-0.2, -0.15) is 0 Å². The van der Waals surface area contributed by atoms with Gasteiger partial charge in [0.1, 0.15) is 5.54 Å². The number of urea groups is 1. The maximum Gasteiger partial charge on any atom is 0.330 e. The Morgan fingerprint density at radius 1 is 1.19 bits per heavy atom. The van der Waals surface area contributed by atoms with Crippen molar-refractivity contribution in [2.24, 2.45) is 5.92 Å². The van der Waals surface area contributed by atoms with E-state index >= 15 is 0 Å². The number of nitrogens with one attached hydrogen (secondary N) is 2. The lowest BCUT2D eigenvalue weighted by Crippen LogP contribution is -2.61. The molecular formula is C15H27N3O3. The SMILES string of the molecule is CCC1CCC(NC(=O)NN2CCCCC2)(C(=O)O)CC1. The zero-order chi connectivity index (χ0) is 15.3. The molecule has 2 amide bonds. The number of rotatable bonds is 4. The molecule has 1 saturated carbocycles. The monoisotopic (exact) mass is 297 g/mol. The van der Waals surface area contributed by atoms with Crippen molar-refractivity contribution in [3.05, 3.63) is 0 Å². The molecule has 1 aliphatic carbocycles. The van der Waals surface area contributed by atoms with E-state index in [1.165, 1.54) is 6.42 Å². The second kappa shape index (κ2) is 7.11. The number of carboxylic acids is 1. The lowest BCUT2D eigenvalue weighted by atomic mass is 9.75. The Morgan fingerprint density at radius 3 is 2.33 bits per heavy atom. The van der Waals surface area contributed by atoms with Crippen molar-refractivity contribution >= 4 is 12.0 Å². The van der Waals surface area contributed by atoms with Gasteiger partial charge >= 0.3 is 12.0 Å². The summed E-state index contributed by atoms with van der Waals surface area (Å²) in [7, 11) is 0. The number of carbonyl (C=O) groups is 2. The molecule has 0 atom stereocenters. The highest BCUT2D eigenvalue weighted by molar-refractivity contribution is 5.86. The quantitative estimate of drug-likeness (QED) is 0.742. The number of amides is 2. The van der Waals surface area contributed by atoms with Crippen LogP contribution >= 0.6 is 0 Å². The zero-order valence-electron chi connectivity index (χ0n) is 12.9. The van der Waals surface area contributed by atoms with Gasteiger partial charge in [-0.15, -0.1) is 0 Å². The van der Waals surface area contributed by atoms with Gasteiger partial charge in [0.05, 0.1) is 0 Å². The molecule has 0 aromatic carbocycles. The second-order valence-corrected chi connectivity index (χ2v) is 6.35. The van der Waals surface area contributed by atoms with E-state index in [4.69, 9.17) is 0 Å². The molecule has 21 heavy (non-hydrogen) atoms. The summed E-state index contributed by atoms with van der Waals surface area (Å²) in [6.45, 7) is 3.81. The fourth-order valence-corrected chi connectivity index (χ4v) is 3.37. The maximum absolute atomic E-state index is 12.1. The largest absolute Gasteiger partial charge is 0.480 e. The molecule has 2 fully saturated rings. The molecule has 0 spiro atoms. The van der Waals surface area contributed by atoms with Crippen molar-refractivity contribution in [2.75, 3.05) is 13.1 Å². The fraction of sp³-hybridized carbons (Fsp3) is 0.867. The van der Waals surface area contributed by atoms with E-state index in [1.54, 1.807) is 0 Å². The van der Waals surface area contributed by atoms with Gasteiger partial charge < -0.3 is 10.4 Å². The number of carboxylic acid groups (broad SMARTS) is 1. The predicted molar refractivity (Wildman–Crippen MR) is 79.7 cm³/mol. The van der Waals surface area contributed by atoms with Crippen LogP contribution in [0.3, 0.4) is 0 Å². The third-order valence-electron chi connectivity index (χ3n) is 4.91. The van der Waals surface area contributed by atoms with Crippen LogP contribution in [0.5, 0.6) is 0 Å². The Hall–Kier alpha value is -1.30. The first kappa shape index (κ1) is 16.1. The van der Waals surface area contributed by atoms with Gasteiger partial charge in [0, 0.05) is 13.1 Å². The van der Waals surface area contributed by atoms with Crippen LogP contribution in [0, 0.1) is 5.92 Å². The highest BCUT2D eigenvalue weighted by Gasteiger charge is 2.43. The molecule has 0 aromatic heterocycles. The van der Waals surface area contributed by atoms with E-state index in [0.717, 1.165) is 45.2 Å². The van der Waals surface area contributed by atoms with Crippen molar-refractivity contribution in [1.29, 1.82) is 0 Å². The van der Waals surface area contributed by atoms with E-state index in [0.29, 0.717) is 18.8 Å². The maximum atomic E-state index is 12.1. The zero-order valence-corrected chi connectivity index (χ0v) is 12.9. The standard InChI is InChI=1S/C15H27N3O3/c1-2-12-6-8-15(9-7-12,13(19)20)16-14(21)17-18-10-4-3-5-11-18/h12H,2-11H2,1H3,(H,19,20)(H2,16,17,21). The smallest absolute Gasteiger partial charge is 0.330 e. The second-order valence-electron chi connectivity index (χ2n) is 6.35. The summed E-state index contributed by atoms with van der Waals surface area (Å²) < 4.78 is 0. The van der Waals surface area contributed by atoms with Gasteiger partial charge in [0.15, 0.2) is 0 Å². The molecule has 6 heteroatoms. The summed E-state index contributed by atoms with van der Waals surface area (Å²) in [6.07, 6.45) is 7.19. The molecule has 6 nitrogen and oxygen atoms in total. The van der Waals surface area contributed by atoms with Crippen LogP contribution in [0.4, 0.5) is 4.79 Å². The van der Waals surface area contributed by atoms with Gasteiger partial charge in [0.25, 0.3) is 0 Å². The predicted octanol–water partition coefficient (Wildman–Crippen LogP) is 2.11. The molecule has 3 N–H and O–H groups in total. The lowest BCUT2D eigenvalue weighted by molar-refractivity contribution is -0.146. The summed E-state index contributed by atoms with van der Waals surface area (Å²) in [5, 5.41) is 14.2. The Morgan fingerprint density at radius 2 is 1.81 bits per heavy atom. The number of nitrogens with zero attached hydrogens (tertiary/aromatic N) is 1. The summed E-state index contributed by atoms with van der Waals surface area (Å²) in [5.74, 6) is -0.324. The van der Waals surface area contributed by atoms with Gasteiger partial charge in [-0.3, -0.25) is 5.43 Å². The van der Waals surface area contributed by atoms with Crippen LogP contribution in [0.1, 0.15) is 58.3 Å². The normalized spacial score (nSPS) is 30.6. The van der Waals surface area contributed by atoms with Crippen LogP contribution in [0.25, 0.3) is 0 Å². The summed E-state index contributed by atoms with van der Waals surface area (Å²) in [6, 6.07) is -0.380. The van der Waals surface area contributed by atoms with Crippen molar-refractivity contribution < 1.29 is 14.7 Å². The molecule has 120 valence electrons. The molecule has 0 unspecified atom stereocenters. The topological polar surface area (TPSA) is 81.7 Å². The minimum Gasteiger partial charge on any atom is -0.480 e. The van der Waals surface area contributed by atoms with Gasteiger partial charge in [-0.25, -0.2) is 14.6 Å². The van der Waals surface area contributed by atoms with Crippen LogP contribution in [0.15, 0.2) is 0 Å². The molecule has 1 saturated heterocycles. The number of aliphatic carboxylic acids is 1. The first-order valence-electron chi connectivity index (χ1n) is 8.13. The molecule has 1 heterocycles. The average molecular weight is 297 g/mol. The Bertz CT molecular complexity index is 372. The third-order valence-corrected chi connectivity index (χ3v) is 4.91. The van der Waals surface area contributed by atoms with Crippen molar-refractivity contribution in [1.82, 2.24) is 15.8 Å². The number of hydrazine groups is 1. The minimum absolute atomic E-state index is 0.380. The van der Waals surface area contributed by atoms with E-state index in [1.807, 2.05) is 5.01 Å². The lowest BCUT2D eigenvalue weighted by Gasteiger charge is -2.38. The highest BCUT2D eigenvalue weighted by atomic mass is 16.4. The first-order valence-corrected chi connectivity index (χ1v) is 8.13. The first-order chi connectivity index (χ1) is 10.1. The number of piperidine rings is 1. The molecule has 0 bridgehead atoms. The Balaban J connectivity index is 1.90. The average Bonchev–Trinajstić information content (AvgIpc) is 2.48. The van der Waals surface area contributed by atoms with E-state index in [2.05, 4.69) is 17.7 Å². The van der Waals surface area contributed by atoms with Crippen LogP contribution < -0.4 is 10.7 Å². The summed E-state index contributed by atoms with van der Waals surface area (Å²) in [4.78, 5) is 23.8. The van der Waals surface area contributed by atoms with Crippen molar-refractivity contribution in [2.45, 2.75) is 63.8 Å². The summed E-state index contributed by atoms with van der Waals surface area (Å²) in [5.41, 5.74) is 1.70. The van der Waals surface area contributed by atoms with Crippen LogP contribution in [-0.4, -0.2) is 40.7 Å². The molecule has 1 aliphatic heterocycles. The van der Waals surface area contributed by atoms with Crippen LogP contribution in [-0.2, 0) is 4.79 Å². The van der Waals surface area contributed by atoms with Gasteiger partial charge in [-0.1, -0.05) is 19.8 Å². The number of carbonyl (C=O) groups excluding carboxylic acids is 1. The molecule has 0 radical (unpaired) electrons. The van der Waals surface area contributed by atoms with E-state index in [-0.39, 0.29) is 6.03 Å². The molecule has 2 rings (SSSR count). The van der Waals surface area contributed by atoms with Gasteiger partial charge in [0.2, 0.25) is 0 Å². The Kier molecular flexibility index (Phi) is 5.45.